The Morgan fingerprint density at radius 3 is 2.58 bits per heavy atom. The fourth-order valence-corrected chi connectivity index (χ4v) is 2.04. The van der Waals surface area contributed by atoms with Gasteiger partial charge in [-0.3, -0.25) is 9.59 Å². The molecule has 1 unspecified atom stereocenters. The van der Waals surface area contributed by atoms with Gasteiger partial charge in [-0.25, -0.2) is 0 Å². The van der Waals surface area contributed by atoms with Crippen LogP contribution in [-0.2, 0) is 0 Å². The summed E-state index contributed by atoms with van der Waals surface area (Å²) in [4.78, 5) is 26.3. The van der Waals surface area contributed by atoms with Crippen molar-refractivity contribution in [2.45, 2.75) is 39.7 Å². The molecule has 5 heteroatoms. The van der Waals surface area contributed by atoms with E-state index in [-0.39, 0.29) is 23.5 Å². The van der Waals surface area contributed by atoms with E-state index in [1.54, 1.807) is 6.92 Å². The van der Waals surface area contributed by atoms with Crippen molar-refractivity contribution in [1.82, 2.24) is 10.3 Å². The molecular weight excluding hydrogens is 244 g/mol. The second-order valence-electron chi connectivity index (χ2n) is 4.75. The molecule has 106 valence electrons. The smallest absolute Gasteiger partial charge is 0.256 e. The monoisotopic (exact) mass is 266 g/mol. The van der Waals surface area contributed by atoms with E-state index in [9.17, 15) is 14.7 Å². The molecule has 1 aromatic rings. The van der Waals surface area contributed by atoms with Crippen molar-refractivity contribution in [3.63, 3.8) is 0 Å². The maximum atomic E-state index is 11.8. The van der Waals surface area contributed by atoms with E-state index in [4.69, 9.17) is 0 Å². The van der Waals surface area contributed by atoms with Crippen LogP contribution in [0.5, 0.6) is 0 Å². The summed E-state index contributed by atoms with van der Waals surface area (Å²) in [7, 11) is 0. The lowest BCUT2D eigenvalue weighted by Gasteiger charge is -2.20. The lowest BCUT2D eigenvalue weighted by molar-refractivity contribution is 0.0815. The molecule has 3 N–H and O–H groups in total. The molecule has 0 bridgehead atoms. The van der Waals surface area contributed by atoms with Crippen LogP contribution in [0.3, 0.4) is 0 Å². The molecule has 0 aromatic carbocycles. The summed E-state index contributed by atoms with van der Waals surface area (Å²) >= 11 is 0. The molecule has 0 aliphatic rings. The van der Waals surface area contributed by atoms with E-state index >= 15 is 0 Å². The third-order valence-electron chi connectivity index (χ3n) is 3.37. The van der Waals surface area contributed by atoms with Crippen LogP contribution < -0.4 is 10.7 Å². The van der Waals surface area contributed by atoms with Gasteiger partial charge < -0.3 is 15.4 Å². The Morgan fingerprint density at radius 2 is 2.05 bits per heavy atom. The summed E-state index contributed by atoms with van der Waals surface area (Å²) in [6.07, 6.45) is 2.54. The first-order valence-corrected chi connectivity index (χ1v) is 6.65. The van der Waals surface area contributed by atoms with Gasteiger partial charge in [-0.05, 0) is 12.8 Å². The molecule has 0 fully saturated rings. The number of aliphatic hydroxyl groups is 1. The molecule has 0 radical (unpaired) electrons. The third-order valence-corrected chi connectivity index (χ3v) is 3.37. The summed E-state index contributed by atoms with van der Waals surface area (Å²) < 4.78 is 0. The Bertz CT molecular complexity index is 478. The van der Waals surface area contributed by atoms with Crippen LogP contribution in [0.15, 0.2) is 17.1 Å². The number of carbonyl (C=O) groups is 1. The van der Waals surface area contributed by atoms with Crippen molar-refractivity contribution in [2.24, 2.45) is 5.92 Å². The van der Waals surface area contributed by atoms with Gasteiger partial charge in [0.25, 0.3) is 5.91 Å². The zero-order chi connectivity index (χ0) is 14.4. The van der Waals surface area contributed by atoms with Gasteiger partial charge in [0.05, 0.1) is 6.10 Å². The van der Waals surface area contributed by atoms with Gasteiger partial charge in [0, 0.05) is 24.5 Å². The quantitative estimate of drug-likeness (QED) is 0.724. The Kier molecular flexibility index (Phi) is 5.76. The first-order valence-electron chi connectivity index (χ1n) is 6.65. The molecule has 1 heterocycles. The number of aliphatic hydroxyl groups excluding tert-OH is 1. The van der Waals surface area contributed by atoms with E-state index < -0.39 is 12.0 Å². The molecule has 5 nitrogen and oxygen atoms in total. The topological polar surface area (TPSA) is 82.2 Å². The second kappa shape index (κ2) is 7.09. The van der Waals surface area contributed by atoms with Gasteiger partial charge in [0.15, 0.2) is 5.43 Å². The summed E-state index contributed by atoms with van der Waals surface area (Å²) in [5.74, 6) is -0.289. The minimum Gasteiger partial charge on any atom is -0.391 e. The second-order valence-corrected chi connectivity index (χ2v) is 4.75. The maximum absolute atomic E-state index is 11.8. The highest BCUT2D eigenvalue weighted by atomic mass is 16.3. The number of hydrogen-bond acceptors (Lipinski definition) is 3. The largest absolute Gasteiger partial charge is 0.391 e. The van der Waals surface area contributed by atoms with Crippen LogP contribution in [0, 0.1) is 12.8 Å². The highest BCUT2D eigenvalue weighted by Crippen LogP contribution is 2.12. The minimum atomic E-state index is -0.580. The predicted octanol–water partition coefficient (Wildman–Crippen LogP) is 1.21. The van der Waals surface area contributed by atoms with Gasteiger partial charge in [-0.2, -0.15) is 0 Å². The first-order chi connectivity index (χ1) is 8.99. The van der Waals surface area contributed by atoms with Crippen molar-refractivity contribution in [3.8, 4) is 0 Å². The summed E-state index contributed by atoms with van der Waals surface area (Å²) in [6, 6.07) is 1.38. The standard InChI is InChI=1S/C14H22N2O3/c1-4-10(5-2)13(18)8-16-14(19)11-7-15-9(3)6-12(11)17/h6-7,10,13,18H,4-5,8H2,1-3H3,(H,15,17)(H,16,19). The van der Waals surface area contributed by atoms with Crippen molar-refractivity contribution < 1.29 is 9.90 Å². The number of hydrogen-bond donors (Lipinski definition) is 3. The number of H-pyrrole nitrogens is 1. The van der Waals surface area contributed by atoms with Gasteiger partial charge in [0.2, 0.25) is 0 Å². The zero-order valence-electron chi connectivity index (χ0n) is 11.7. The summed E-state index contributed by atoms with van der Waals surface area (Å²) in [5.41, 5.74) is 0.465. The van der Waals surface area contributed by atoms with E-state index in [0.29, 0.717) is 5.69 Å². The van der Waals surface area contributed by atoms with Gasteiger partial charge in [-0.1, -0.05) is 26.7 Å². The van der Waals surface area contributed by atoms with Crippen LogP contribution in [0.2, 0.25) is 0 Å². The van der Waals surface area contributed by atoms with Crippen LogP contribution >= 0.6 is 0 Å². The van der Waals surface area contributed by atoms with Crippen LogP contribution in [0.25, 0.3) is 0 Å². The average molecular weight is 266 g/mol. The normalized spacial score (nSPS) is 12.5. The molecule has 0 aliphatic carbocycles. The number of pyridine rings is 1. The predicted molar refractivity (Wildman–Crippen MR) is 74.2 cm³/mol. The fourth-order valence-electron chi connectivity index (χ4n) is 2.04. The summed E-state index contributed by atoms with van der Waals surface area (Å²) in [6.45, 7) is 5.92. The summed E-state index contributed by atoms with van der Waals surface area (Å²) in [5, 5.41) is 12.5. The van der Waals surface area contributed by atoms with Crippen LogP contribution in [0.1, 0.15) is 42.7 Å². The first kappa shape index (κ1) is 15.4. The number of aryl methyl sites for hydroxylation is 1. The lowest BCUT2D eigenvalue weighted by atomic mass is 9.96. The van der Waals surface area contributed by atoms with Crippen LogP contribution in [-0.4, -0.2) is 28.6 Å². The molecule has 19 heavy (non-hydrogen) atoms. The third kappa shape index (κ3) is 4.21. The lowest BCUT2D eigenvalue weighted by Crippen LogP contribution is -2.37. The molecule has 0 saturated carbocycles. The minimum absolute atomic E-state index is 0.0716. The highest BCUT2D eigenvalue weighted by molar-refractivity contribution is 5.93. The number of amides is 1. The van der Waals surface area contributed by atoms with Crippen LogP contribution in [0.4, 0.5) is 0 Å². The van der Waals surface area contributed by atoms with Crippen molar-refractivity contribution >= 4 is 5.91 Å². The molecule has 1 aromatic heterocycles. The molecule has 1 amide bonds. The maximum Gasteiger partial charge on any atom is 0.256 e. The van der Waals surface area contributed by atoms with E-state index in [1.807, 2.05) is 13.8 Å². The van der Waals surface area contributed by atoms with E-state index in [1.165, 1.54) is 12.3 Å². The molecular formula is C14H22N2O3. The highest BCUT2D eigenvalue weighted by Gasteiger charge is 2.17. The van der Waals surface area contributed by atoms with Crippen molar-refractivity contribution in [1.29, 1.82) is 0 Å². The Balaban J connectivity index is 2.63. The molecule has 0 saturated heterocycles. The van der Waals surface area contributed by atoms with E-state index in [2.05, 4.69) is 10.3 Å². The Labute approximate surface area is 113 Å². The number of nitrogens with one attached hydrogen (secondary N) is 2. The molecule has 0 spiro atoms. The Morgan fingerprint density at radius 1 is 1.42 bits per heavy atom. The molecule has 1 rings (SSSR count). The number of carbonyl (C=O) groups excluding carboxylic acids is 1. The number of aromatic amines is 1. The number of aromatic nitrogens is 1. The van der Waals surface area contributed by atoms with Gasteiger partial charge >= 0.3 is 0 Å². The number of rotatable bonds is 6. The van der Waals surface area contributed by atoms with E-state index in [0.717, 1.165) is 12.8 Å². The SMILES string of the molecule is CCC(CC)C(O)CNC(=O)c1c[nH]c(C)cc1=O. The van der Waals surface area contributed by atoms with Gasteiger partial charge in [-0.15, -0.1) is 0 Å². The van der Waals surface area contributed by atoms with Crippen molar-refractivity contribution in [3.05, 3.63) is 33.7 Å². The Hall–Kier alpha value is -1.62. The average Bonchev–Trinajstić information content (AvgIpc) is 2.37. The fraction of sp³-hybridized carbons (Fsp3) is 0.571. The zero-order valence-corrected chi connectivity index (χ0v) is 11.7. The molecule has 0 aliphatic heterocycles. The van der Waals surface area contributed by atoms with Crippen molar-refractivity contribution in [2.75, 3.05) is 6.54 Å². The molecule has 1 atom stereocenters. The van der Waals surface area contributed by atoms with Gasteiger partial charge in [0.1, 0.15) is 5.56 Å².